The summed E-state index contributed by atoms with van der Waals surface area (Å²) in [6.07, 6.45) is 4.78. The molecular weight excluding hydrogens is 218 g/mol. The predicted molar refractivity (Wildman–Crippen MR) is 70.0 cm³/mol. The molecule has 1 aromatic carbocycles. The summed E-state index contributed by atoms with van der Waals surface area (Å²) in [7, 11) is 0. The van der Waals surface area contributed by atoms with Gasteiger partial charge in [-0.25, -0.2) is 0 Å². The molecule has 0 spiro atoms. The number of aryl methyl sites for hydroxylation is 1. The van der Waals surface area contributed by atoms with Crippen LogP contribution in [0, 0.1) is 0 Å². The summed E-state index contributed by atoms with van der Waals surface area (Å²) in [6.45, 7) is 4.50. The standard InChI is InChI=1S/C14H20ClN/c1-3-12(4-2)16-14-8-5-10-9-11(15)6-7-13(10)14/h6-7,9,12,14,16H,3-5,8H2,1-2H3. The molecule has 2 rings (SSSR count). The lowest BCUT2D eigenvalue weighted by Gasteiger charge is -2.21. The molecule has 0 radical (unpaired) electrons. The molecule has 2 heteroatoms. The Balaban J connectivity index is 2.11. The van der Waals surface area contributed by atoms with Crippen LogP contribution in [0.1, 0.15) is 50.3 Å². The Labute approximate surface area is 103 Å². The van der Waals surface area contributed by atoms with Crippen LogP contribution in [0.15, 0.2) is 18.2 Å². The topological polar surface area (TPSA) is 12.0 Å². The number of rotatable bonds is 4. The van der Waals surface area contributed by atoms with E-state index >= 15 is 0 Å². The number of benzene rings is 1. The Kier molecular flexibility index (Phi) is 3.88. The van der Waals surface area contributed by atoms with E-state index in [1.807, 2.05) is 6.07 Å². The summed E-state index contributed by atoms with van der Waals surface area (Å²) in [5.74, 6) is 0. The second-order valence-corrected chi connectivity index (χ2v) is 5.05. The molecule has 0 amide bonds. The van der Waals surface area contributed by atoms with Crippen molar-refractivity contribution in [3.8, 4) is 0 Å². The van der Waals surface area contributed by atoms with Crippen molar-refractivity contribution in [1.29, 1.82) is 0 Å². The smallest absolute Gasteiger partial charge is 0.0408 e. The van der Waals surface area contributed by atoms with Crippen molar-refractivity contribution < 1.29 is 0 Å². The molecule has 0 aromatic heterocycles. The van der Waals surface area contributed by atoms with Crippen molar-refractivity contribution in [2.45, 2.75) is 51.6 Å². The van der Waals surface area contributed by atoms with E-state index < -0.39 is 0 Å². The van der Waals surface area contributed by atoms with Gasteiger partial charge < -0.3 is 5.32 Å². The van der Waals surface area contributed by atoms with E-state index in [0.29, 0.717) is 12.1 Å². The van der Waals surface area contributed by atoms with Crippen LogP contribution in [0.25, 0.3) is 0 Å². The third-order valence-electron chi connectivity index (χ3n) is 3.61. The molecule has 1 N–H and O–H groups in total. The molecule has 88 valence electrons. The van der Waals surface area contributed by atoms with Crippen molar-refractivity contribution in [2.24, 2.45) is 0 Å². The third-order valence-corrected chi connectivity index (χ3v) is 3.84. The monoisotopic (exact) mass is 237 g/mol. The zero-order chi connectivity index (χ0) is 11.5. The Bertz CT molecular complexity index is 358. The number of nitrogens with one attached hydrogen (secondary N) is 1. The van der Waals surface area contributed by atoms with Crippen LogP contribution in [0.3, 0.4) is 0 Å². The molecule has 1 aromatic rings. The van der Waals surface area contributed by atoms with Gasteiger partial charge in [-0.2, -0.15) is 0 Å². The first-order valence-corrected chi connectivity index (χ1v) is 6.66. The highest BCUT2D eigenvalue weighted by atomic mass is 35.5. The van der Waals surface area contributed by atoms with E-state index in [1.165, 1.54) is 30.4 Å². The second-order valence-electron chi connectivity index (χ2n) is 4.61. The first-order chi connectivity index (χ1) is 7.74. The highest BCUT2D eigenvalue weighted by Gasteiger charge is 2.23. The zero-order valence-electron chi connectivity index (χ0n) is 10.1. The Morgan fingerprint density at radius 2 is 2.12 bits per heavy atom. The fourth-order valence-corrected chi connectivity index (χ4v) is 2.76. The quantitative estimate of drug-likeness (QED) is 0.831. The average molecular weight is 238 g/mol. The van der Waals surface area contributed by atoms with Crippen LogP contribution in [-0.4, -0.2) is 6.04 Å². The van der Waals surface area contributed by atoms with Gasteiger partial charge in [0, 0.05) is 17.1 Å². The van der Waals surface area contributed by atoms with Gasteiger partial charge in [-0.15, -0.1) is 0 Å². The minimum Gasteiger partial charge on any atom is -0.307 e. The first-order valence-electron chi connectivity index (χ1n) is 6.29. The number of fused-ring (bicyclic) bond motifs is 1. The van der Waals surface area contributed by atoms with Gasteiger partial charge >= 0.3 is 0 Å². The van der Waals surface area contributed by atoms with E-state index in [9.17, 15) is 0 Å². The van der Waals surface area contributed by atoms with Crippen molar-refractivity contribution in [3.05, 3.63) is 34.3 Å². The maximum absolute atomic E-state index is 6.01. The summed E-state index contributed by atoms with van der Waals surface area (Å²) in [6, 6.07) is 7.49. The van der Waals surface area contributed by atoms with Gasteiger partial charge in [-0.05, 0) is 48.9 Å². The van der Waals surface area contributed by atoms with Gasteiger partial charge in [0.05, 0.1) is 0 Å². The minimum atomic E-state index is 0.539. The molecule has 0 fully saturated rings. The minimum absolute atomic E-state index is 0.539. The maximum atomic E-state index is 6.01. The van der Waals surface area contributed by atoms with E-state index in [0.717, 1.165) is 11.4 Å². The molecule has 0 aliphatic heterocycles. The van der Waals surface area contributed by atoms with Crippen molar-refractivity contribution >= 4 is 11.6 Å². The van der Waals surface area contributed by atoms with E-state index in [4.69, 9.17) is 11.6 Å². The predicted octanol–water partition coefficient (Wildman–Crippen LogP) is 4.11. The average Bonchev–Trinajstić information content (AvgIpc) is 2.68. The lowest BCUT2D eigenvalue weighted by Crippen LogP contribution is -2.30. The second kappa shape index (κ2) is 5.20. The number of hydrogen-bond acceptors (Lipinski definition) is 1. The highest BCUT2D eigenvalue weighted by Crippen LogP contribution is 2.33. The van der Waals surface area contributed by atoms with Crippen LogP contribution in [0.2, 0.25) is 5.02 Å². The van der Waals surface area contributed by atoms with E-state index in [2.05, 4.69) is 31.3 Å². The van der Waals surface area contributed by atoms with E-state index in [-0.39, 0.29) is 0 Å². The first kappa shape index (κ1) is 11.9. The zero-order valence-corrected chi connectivity index (χ0v) is 10.8. The molecule has 0 heterocycles. The van der Waals surface area contributed by atoms with Gasteiger partial charge in [0.25, 0.3) is 0 Å². The SMILES string of the molecule is CCC(CC)NC1CCc2cc(Cl)ccc21. The lowest BCUT2D eigenvalue weighted by molar-refractivity contribution is 0.413. The van der Waals surface area contributed by atoms with Crippen LogP contribution >= 0.6 is 11.6 Å². The van der Waals surface area contributed by atoms with Crippen molar-refractivity contribution in [2.75, 3.05) is 0 Å². The van der Waals surface area contributed by atoms with Gasteiger partial charge in [0.15, 0.2) is 0 Å². The van der Waals surface area contributed by atoms with E-state index in [1.54, 1.807) is 0 Å². The Morgan fingerprint density at radius 3 is 2.81 bits per heavy atom. The largest absolute Gasteiger partial charge is 0.307 e. The summed E-state index contributed by atoms with van der Waals surface area (Å²) in [5, 5.41) is 4.61. The molecular formula is C14H20ClN. The molecule has 0 saturated carbocycles. The molecule has 1 atom stereocenters. The highest BCUT2D eigenvalue weighted by molar-refractivity contribution is 6.30. The number of halogens is 1. The van der Waals surface area contributed by atoms with Gasteiger partial charge in [-0.3, -0.25) is 0 Å². The van der Waals surface area contributed by atoms with Gasteiger partial charge in [-0.1, -0.05) is 31.5 Å². The maximum Gasteiger partial charge on any atom is 0.0408 e. The van der Waals surface area contributed by atoms with Gasteiger partial charge in [0.2, 0.25) is 0 Å². The van der Waals surface area contributed by atoms with Crippen molar-refractivity contribution in [3.63, 3.8) is 0 Å². The van der Waals surface area contributed by atoms with Crippen LogP contribution in [0.4, 0.5) is 0 Å². The molecule has 0 saturated heterocycles. The molecule has 1 aliphatic carbocycles. The van der Waals surface area contributed by atoms with Crippen LogP contribution in [-0.2, 0) is 6.42 Å². The summed E-state index contributed by atoms with van der Waals surface area (Å²) in [4.78, 5) is 0. The molecule has 16 heavy (non-hydrogen) atoms. The summed E-state index contributed by atoms with van der Waals surface area (Å²) < 4.78 is 0. The van der Waals surface area contributed by atoms with Crippen molar-refractivity contribution in [1.82, 2.24) is 5.32 Å². The van der Waals surface area contributed by atoms with Gasteiger partial charge in [0.1, 0.15) is 0 Å². The Morgan fingerprint density at radius 1 is 1.38 bits per heavy atom. The Hall–Kier alpha value is -0.530. The molecule has 0 bridgehead atoms. The third kappa shape index (κ3) is 2.41. The fourth-order valence-electron chi connectivity index (χ4n) is 2.57. The molecule has 1 aliphatic rings. The number of hydrogen-bond donors (Lipinski definition) is 1. The summed E-state index contributed by atoms with van der Waals surface area (Å²) >= 11 is 6.01. The molecule has 1 unspecified atom stereocenters. The fraction of sp³-hybridized carbons (Fsp3) is 0.571. The van der Waals surface area contributed by atoms with Crippen LogP contribution < -0.4 is 5.32 Å². The molecule has 1 nitrogen and oxygen atoms in total. The normalized spacial score (nSPS) is 19.1. The lowest BCUT2D eigenvalue weighted by atomic mass is 10.1. The summed E-state index contributed by atoms with van der Waals surface area (Å²) in [5.41, 5.74) is 2.88. The van der Waals surface area contributed by atoms with Crippen LogP contribution in [0.5, 0.6) is 0 Å².